The fourth-order valence-electron chi connectivity index (χ4n) is 1.58. The van der Waals surface area contributed by atoms with Gasteiger partial charge in [-0.3, -0.25) is 4.79 Å². The highest BCUT2D eigenvalue weighted by molar-refractivity contribution is 6.02. The summed E-state index contributed by atoms with van der Waals surface area (Å²) in [6.45, 7) is 3.28. The van der Waals surface area contributed by atoms with E-state index in [9.17, 15) is 13.6 Å². The molecule has 0 N–H and O–H groups in total. The lowest BCUT2D eigenvalue weighted by molar-refractivity contribution is 0.0903. The largest absolute Gasteiger partial charge is 0.293 e. The first kappa shape index (κ1) is 10.3. The number of ketones is 1. The van der Waals surface area contributed by atoms with Crippen molar-refractivity contribution in [3.8, 4) is 0 Å². The van der Waals surface area contributed by atoms with Crippen molar-refractivity contribution < 1.29 is 13.6 Å². The second kappa shape index (κ2) is 3.12. The second-order valence-corrected chi connectivity index (χ2v) is 4.44. The molecular weight excluding hydrogens is 198 g/mol. The van der Waals surface area contributed by atoms with Crippen LogP contribution in [-0.2, 0) is 0 Å². The highest BCUT2D eigenvalue weighted by Gasteiger charge is 2.46. The Balaban J connectivity index is 2.52. The number of halogens is 2. The first-order valence-electron chi connectivity index (χ1n) is 4.95. The van der Waals surface area contributed by atoms with Gasteiger partial charge in [0.15, 0.2) is 5.78 Å². The summed E-state index contributed by atoms with van der Waals surface area (Å²) in [5.41, 5.74) is -0.589. The number of Topliss-reactive ketones (excluding diaryl/α,β-unsaturated/α-hetero) is 1. The molecule has 1 aromatic rings. The number of aryl methyl sites for hydroxylation is 1. The molecule has 1 aromatic carbocycles. The quantitative estimate of drug-likeness (QED) is 0.685. The Morgan fingerprint density at radius 3 is 2.47 bits per heavy atom. The van der Waals surface area contributed by atoms with E-state index < -0.39 is 22.8 Å². The standard InChI is InChI=1S/C12H12F2O/c1-7-3-4-8(13)9(10(7)14)11(15)12(2)5-6-12/h3-4H,5-6H2,1-2H3. The Morgan fingerprint density at radius 2 is 1.93 bits per heavy atom. The molecule has 1 saturated carbocycles. The number of hydrogen-bond acceptors (Lipinski definition) is 1. The lowest BCUT2D eigenvalue weighted by Crippen LogP contribution is -2.16. The third-order valence-electron chi connectivity index (χ3n) is 3.06. The minimum absolute atomic E-state index is 0.309. The van der Waals surface area contributed by atoms with Crippen LogP contribution in [-0.4, -0.2) is 5.78 Å². The summed E-state index contributed by atoms with van der Waals surface area (Å²) in [5.74, 6) is -1.87. The summed E-state index contributed by atoms with van der Waals surface area (Å²) in [5, 5.41) is 0. The molecule has 0 unspecified atom stereocenters. The van der Waals surface area contributed by atoms with Gasteiger partial charge in [-0.05, 0) is 31.4 Å². The van der Waals surface area contributed by atoms with Crippen molar-refractivity contribution in [2.24, 2.45) is 5.41 Å². The molecule has 0 atom stereocenters. The summed E-state index contributed by atoms with van der Waals surface area (Å²) < 4.78 is 27.0. The molecule has 2 rings (SSSR count). The Kier molecular flexibility index (Phi) is 2.14. The first-order chi connectivity index (χ1) is 6.96. The summed E-state index contributed by atoms with van der Waals surface area (Å²) >= 11 is 0. The summed E-state index contributed by atoms with van der Waals surface area (Å²) in [4.78, 5) is 11.8. The maximum Gasteiger partial charge on any atom is 0.174 e. The van der Waals surface area contributed by atoms with Crippen molar-refractivity contribution in [3.63, 3.8) is 0 Å². The van der Waals surface area contributed by atoms with Crippen LogP contribution >= 0.6 is 0 Å². The van der Waals surface area contributed by atoms with Gasteiger partial charge in [-0.2, -0.15) is 0 Å². The molecule has 1 fully saturated rings. The van der Waals surface area contributed by atoms with Crippen LogP contribution in [0, 0.1) is 24.0 Å². The average Bonchev–Trinajstić information content (AvgIpc) is 2.92. The maximum atomic E-state index is 13.6. The van der Waals surface area contributed by atoms with Gasteiger partial charge in [0.1, 0.15) is 11.6 Å². The van der Waals surface area contributed by atoms with Crippen molar-refractivity contribution in [1.29, 1.82) is 0 Å². The van der Waals surface area contributed by atoms with E-state index in [1.54, 1.807) is 6.92 Å². The molecule has 1 aliphatic carbocycles. The van der Waals surface area contributed by atoms with E-state index in [-0.39, 0.29) is 5.56 Å². The summed E-state index contributed by atoms with van der Waals surface area (Å²) in [6.07, 6.45) is 1.44. The van der Waals surface area contributed by atoms with E-state index in [0.29, 0.717) is 5.56 Å². The number of hydrogen-bond donors (Lipinski definition) is 0. The molecule has 1 aliphatic rings. The zero-order valence-corrected chi connectivity index (χ0v) is 8.73. The first-order valence-corrected chi connectivity index (χ1v) is 4.95. The van der Waals surface area contributed by atoms with Crippen LogP contribution in [0.3, 0.4) is 0 Å². The Morgan fingerprint density at radius 1 is 1.33 bits per heavy atom. The highest BCUT2D eigenvalue weighted by atomic mass is 19.1. The third kappa shape index (κ3) is 1.56. The van der Waals surface area contributed by atoms with E-state index in [1.165, 1.54) is 13.0 Å². The van der Waals surface area contributed by atoms with E-state index >= 15 is 0 Å². The molecule has 3 heteroatoms. The maximum absolute atomic E-state index is 13.6. The predicted molar refractivity (Wildman–Crippen MR) is 52.8 cm³/mol. The van der Waals surface area contributed by atoms with Gasteiger partial charge in [0.25, 0.3) is 0 Å². The van der Waals surface area contributed by atoms with Crippen molar-refractivity contribution in [3.05, 3.63) is 34.9 Å². The second-order valence-electron chi connectivity index (χ2n) is 4.44. The molecule has 1 nitrogen and oxygen atoms in total. The Hall–Kier alpha value is -1.25. The lowest BCUT2D eigenvalue weighted by atomic mass is 9.94. The molecular formula is C12H12F2O. The van der Waals surface area contributed by atoms with Gasteiger partial charge in [0.2, 0.25) is 0 Å². The van der Waals surface area contributed by atoms with Crippen LogP contribution in [0.25, 0.3) is 0 Å². The smallest absolute Gasteiger partial charge is 0.174 e. The SMILES string of the molecule is Cc1ccc(F)c(C(=O)C2(C)CC2)c1F. The van der Waals surface area contributed by atoms with Gasteiger partial charge in [-0.15, -0.1) is 0 Å². The van der Waals surface area contributed by atoms with Gasteiger partial charge in [-0.1, -0.05) is 13.0 Å². The molecule has 0 aliphatic heterocycles. The monoisotopic (exact) mass is 210 g/mol. The predicted octanol–water partition coefficient (Wildman–Crippen LogP) is 3.26. The molecule has 0 bridgehead atoms. The van der Waals surface area contributed by atoms with Crippen molar-refractivity contribution >= 4 is 5.78 Å². The van der Waals surface area contributed by atoms with Crippen LogP contribution in [0.1, 0.15) is 35.7 Å². The van der Waals surface area contributed by atoms with E-state index in [2.05, 4.69) is 0 Å². The van der Waals surface area contributed by atoms with E-state index in [4.69, 9.17) is 0 Å². The normalized spacial score (nSPS) is 17.6. The number of benzene rings is 1. The number of rotatable bonds is 2. The fraction of sp³-hybridized carbons (Fsp3) is 0.417. The molecule has 80 valence electrons. The van der Waals surface area contributed by atoms with Crippen molar-refractivity contribution in [2.75, 3.05) is 0 Å². The third-order valence-corrected chi connectivity index (χ3v) is 3.06. The fourth-order valence-corrected chi connectivity index (χ4v) is 1.58. The average molecular weight is 210 g/mol. The van der Waals surface area contributed by atoms with Gasteiger partial charge in [0, 0.05) is 5.41 Å². The Bertz CT molecular complexity index is 433. The van der Waals surface area contributed by atoms with Gasteiger partial charge in [0.05, 0.1) is 5.56 Å². The molecule has 15 heavy (non-hydrogen) atoms. The van der Waals surface area contributed by atoms with Crippen LogP contribution in [0.5, 0.6) is 0 Å². The van der Waals surface area contributed by atoms with Crippen molar-refractivity contribution in [2.45, 2.75) is 26.7 Å². The van der Waals surface area contributed by atoms with Crippen LogP contribution in [0.2, 0.25) is 0 Å². The van der Waals surface area contributed by atoms with Crippen molar-refractivity contribution in [1.82, 2.24) is 0 Å². The molecule has 0 radical (unpaired) electrons. The topological polar surface area (TPSA) is 17.1 Å². The summed E-state index contributed by atoms with van der Waals surface area (Å²) in [7, 11) is 0. The van der Waals surface area contributed by atoms with Crippen LogP contribution < -0.4 is 0 Å². The lowest BCUT2D eigenvalue weighted by Gasteiger charge is -2.10. The minimum Gasteiger partial charge on any atom is -0.293 e. The summed E-state index contributed by atoms with van der Waals surface area (Å²) in [6, 6.07) is 2.49. The molecule has 0 spiro atoms. The van der Waals surface area contributed by atoms with Gasteiger partial charge < -0.3 is 0 Å². The molecule has 0 saturated heterocycles. The molecule has 0 amide bonds. The number of carbonyl (C=O) groups is 1. The van der Waals surface area contributed by atoms with E-state index in [1.807, 2.05) is 0 Å². The van der Waals surface area contributed by atoms with Crippen LogP contribution in [0.4, 0.5) is 8.78 Å². The van der Waals surface area contributed by atoms with Gasteiger partial charge in [-0.25, -0.2) is 8.78 Å². The Labute approximate surface area is 87.1 Å². The number of carbonyl (C=O) groups excluding carboxylic acids is 1. The van der Waals surface area contributed by atoms with Crippen LogP contribution in [0.15, 0.2) is 12.1 Å². The minimum atomic E-state index is -0.753. The zero-order valence-electron chi connectivity index (χ0n) is 8.73. The van der Waals surface area contributed by atoms with E-state index in [0.717, 1.165) is 18.9 Å². The highest BCUT2D eigenvalue weighted by Crippen LogP contribution is 2.48. The van der Waals surface area contributed by atoms with Gasteiger partial charge >= 0.3 is 0 Å². The molecule has 0 heterocycles. The molecule has 0 aromatic heterocycles. The zero-order chi connectivity index (χ0) is 11.2.